The van der Waals surface area contributed by atoms with Gasteiger partial charge in [-0.15, -0.1) is 0 Å². The molecule has 0 spiro atoms. The first kappa shape index (κ1) is 25.6. The lowest BCUT2D eigenvalue weighted by atomic mass is 10.1. The van der Waals surface area contributed by atoms with Gasteiger partial charge in [0.05, 0.1) is 12.1 Å². The highest BCUT2D eigenvalue weighted by Gasteiger charge is 2.45. The number of halogens is 2. The van der Waals surface area contributed by atoms with Crippen LogP contribution in [0, 0.1) is 0 Å². The highest BCUT2D eigenvalue weighted by Crippen LogP contribution is 2.27. The quantitative estimate of drug-likeness (QED) is 0.414. The van der Waals surface area contributed by atoms with Gasteiger partial charge < -0.3 is 5.32 Å². The summed E-state index contributed by atoms with van der Waals surface area (Å²) in [4.78, 5) is 40.4. The first-order valence-corrected chi connectivity index (χ1v) is 12.3. The standard InChI is InChI=1S/C26H22Cl2N4O3S/c27-19-8-6-18(7-9-19)24(34)30-32-22(16-23(33)29-15-14-17-4-2-1-3-5-17)25(35)31(26(32)36)21-12-10-20(28)11-13-21/h1-13,22H,14-16H2,(H,29,33)(H,30,34). The molecule has 1 fully saturated rings. The Morgan fingerprint density at radius 2 is 1.50 bits per heavy atom. The van der Waals surface area contributed by atoms with Gasteiger partial charge in [0, 0.05) is 22.2 Å². The third-order valence-electron chi connectivity index (χ3n) is 5.59. The molecule has 2 N–H and O–H groups in total. The van der Waals surface area contributed by atoms with E-state index in [1.54, 1.807) is 48.5 Å². The lowest BCUT2D eigenvalue weighted by molar-refractivity contribution is -0.127. The van der Waals surface area contributed by atoms with Crippen LogP contribution in [0.2, 0.25) is 10.0 Å². The van der Waals surface area contributed by atoms with E-state index in [-0.39, 0.29) is 17.4 Å². The predicted molar refractivity (Wildman–Crippen MR) is 144 cm³/mol. The zero-order valence-electron chi connectivity index (χ0n) is 19.0. The van der Waals surface area contributed by atoms with Crippen molar-refractivity contribution < 1.29 is 14.4 Å². The highest BCUT2D eigenvalue weighted by atomic mass is 35.5. The Kier molecular flexibility index (Phi) is 8.20. The third-order valence-corrected chi connectivity index (χ3v) is 6.47. The summed E-state index contributed by atoms with van der Waals surface area (Å²) in [5.74, 6) is -1.26. The van der Waals surface area contributed by atoms with Crippen molar-refractivity contribution in [1.29, 1.82) is 0 Å². The largest absolute Gasteiger partial charge is 0.356 e. The summed E-state index contributed by atoms with van der Waals surface area (Å²) in [5, 5.41) is 5.14. The molecule has 1 atom stereocenters. The van der Waals surface area contributed by atoms with E-state index in [4.69, 9.17) is 35.4 Å². The zero-order chi connectivity index (χ0) is 25.7. The Bertz CT molecular complexity index is 1270. The van der Waals surface area contributed by atoms with E-state index in [2.05, 4.69) is 10.7 Å². The number of hydrogen-bond donors (Lipinski definition) is 2. The molecular weight excluding hydrogens is 519 g/mol. The van der Waals surface area contributed by atoms with Crippen molar-refractivity contribution in [2.24, 2.45) is 0 Å². The zero-order valence-corrected chi connectivity index (χ0v) is 21.3. The van der Waals surface area contributed by atoms with E-state index in [1.807, 2.05) is 30.3 Å². The van der Waals surface area contributed by atoms with Crippen LogP contribution in [0.1, 0.15) is 22.3 Å². The van der Waals surface area contributed by atoms with Crippen molar-refractivity contribution in [1.82, 2.24) is 15.8 Å². The van der Waals surface area contributed by atoms with Crippen LogP contribution in [0.4, 0.5) is 5.69 Å². The van der Waals surface area contributed by atoms with Crippen LogP contribution in [0.25, 0.3) is 0 Å². The first-order chi connectivity index (χ1) is 17.3. The number of thiocarbonyl (C=S) groups is 1. The van der Waals surface area contributed by atoms with Crippen molar-refractivity contribution >= 4 is 63.9 Å². The van der Waals surface area contributed by atoms with Crippen LogP contribution in [0.5, 0.6) is 0 Å². The summed E-state index contributed by atoms with van der Waals surface area (Å²) >= 11 is 17.5. The summed E-state index contributed by atoms with van der Waals surface area (Å²) in [5.41, 5.74) is 4.57. The Morgan fingerprint density at radius 1 is 0.889 bits per heavy atom. The SMILES string of the molecule is O=C(CC1C(=O)N(c2ccc(Cl)cc2)C(=S)N1NC(=O)c1ccc(Cl)cc1)NCCc1ccccc1. The predicted octanol–water partition coefficient (Wildman–Crippen LogP) is 4.39. The second-order valence-electron chi connectivity index (χ2n) is 8.06. The van der Waals surface area contributed by atoms with E-state index < -0.39 is 17.9 Å². The molecule has 0 saturated carbocycles. The molecule has 1 unspecified atom stereocenters. The fourth-order valence-electron chi connectivity index (χ4n) is 3.74. The number of carbonyl (C=O) groups excluding carboxylic acids is 3. The normalized spacial score (nSPS) is 15.2. The average Bonchev–Trinajstić information content (AvgIpc) is 3.09. The lowest BCUT2D eigenvalue weighted by Crippen LogP contribution is -2.50. The van der Waals surface area contributed by atoms with Gasteiger partial charge in [0.2, 0.25) is 11.0 Å². The van der Waals surface area contributed by atoms with Crippen LogP contribution in [-0.4, -0.2) is 40.4 Å². The first-order valence-electron chi connectivity index (χ1n) is 11.1. The molecule has 4 rings (SSSR count). The summed E-state index contributed by atoms with van der Waals surface area (Å²) in [6.45, 7) is 0.409. The maximum absolute atomic E-state index is 13.4. The molecule has 36 heavy (non-hydrogen) atoms. The molecule has 184 valence electrons. The highest BCUT2D eigenvalue weighted by molar-refractivity contribution is 7.80. The molecule has 0 bridgehead atoms. The Morgan fingerprint density at radius 3 is 2.14 bits per heavy atom. The van der Waals surface area contributed by atoms with Gasteiger partial charge in [0.1, 0.15) is 6.04 Å². The summed E-state index contributed by atoms with van der Waals surface area (Å²) in [7, 11) is 0. The van der Waals surface area contributed by atoms with Crippen LogP contribution < -0.4 is 15.6 Å². The van der Waals surface area contributed by atoms with Gasteiger partial charge in [-0.1, -0.05) is 53.5 Å². The summed E-state index contributed by atoms with van der Waals surface area (Å²) in [6, 6.07) is 21.6. The maximum Gasteiger partial charge on any atom is 0.269 e. The summed E-state index contributed by atoms with van der Waals surface area (Å²) in [6.07, 6.45) is 0.455. The Hall–Kier alpha value is -3.46. The molecule has 0 aromatic heterocycles. The van der Waals surface area contributed by atoms with Gasteiger partial charge in [-0.05, 0) is 72.7 Å². The van der Waals surface area contributed by atoms with Crippen molar-refractivity contribution in [3.63, 3.8) is 0 Å². The average molecular weight is 541 g/mol. The maximum atomic E-state index is 13.4. The van der Waals surface area contributed by atoms with E-state index in [9.17, 15) is 14.4 Å². The molecule has 3 amide bonds. The second kappa shape index (κ2) is 11.5. The molecule has 1 aliphatic heterocycles. The van der Waals surface area contributed by atoms with Crippen molar-refractivity contribution in [3.8, 4) is 0 Å². The fourth-order valence-corrected chi connectivity index (χ4v) is 4.36. The lowest BCUT2D eigenvalue weighted by Gasteiger charge is -2.24. The van der Waals surface area contributed by atoms with E-state index in [0.717, 1.165) is 5.56 Å². The topological polar surface area (TPSA) is 81.8 Å². The van der Waals surface area contributed by atoms with Crippen LogP contribution in [0.15, 0.2) is 78.9 Å². The smallest absolute Gasteiger partial charge is 0.269 e. The third kappa shape index (κ3) is 6.02. The molecule has 1 saturated heterocycles. The van der Waals surface area contributed by atoms with Gasteiger partial charge in [-0.3, -0.25) is 24.7 Å². The molecule has 1 heterocycles. The number of benzene rings is 3. The number of amides is 3. The van der Waals surface area contributed by atoms with Crippen LogP contribution in [0.3, 0.4) is 0 Å². The summed E-state index contributed by atoms with van der Waals surface area (Å²) < 4.78 is 0. The van der Waals surface area contributed by atoms with Crippen molar-refractivity contribution in [2.45, 2.75) is 18.9 Å². The number of nitrogens with one attached hydrogen (secondary N) is 2. The minimum Gasteiger partial charge on any atom is -0.356 e. The van der Waals surface area contributed by atoms with Crippen LogP contribution in [-0.2, 0) is 16.0 Å². The van der Waals surface area contributed by atoms with E-state index in [1.165, 1.54) is 9.91 Å². The molecule has 7 nitrogen and oxygen atoms in total. The molecule has 3 aromatic carbocycles. The van der Waals surface area contributed by atoms with Crippen molar-refractivity contribution in [3.05, 3.63) is 100 Å². The minimum atomic E-state index is -1.03. The molecule has 1 aliphatic rings. The molecule has 10 heteroatoms. The van der Waals surface area contributed by atoms with Gasteiger partial charge in [-0.25, -0.2) is 5.01 Å². The molecule has 0 radical (unpaired) electrons. The van der Waals surface area contributed by atoms with Gasteiger partial charge in [0.25, 0.3) is 11.8 Å². The number of carbonyl (C=O) groups is 3. The van der Waals surface area contributed by atoms with Gasteiger partial charge in [-0.2, -0.15) is 0 Å². The van der Waals surface area contributed by atoms with Gasteiger partial charge >= 0.3 is 0 Å². The second-order valence-corrected chi connectivity index (χ2v) is 9.29. The number of rotatable bonds is 8. The number of hydrogen-bond acceptors (Lipinski definition) is 4. The number of nitrogens with zero attached hydrogens (tertiary/aromatic N) is 2. The minimum absolute atomic E-state index is 0.0479. The van der Waals surface area contributed by atoms with Crippen molar-refractivity contribution in [2.75, 3.05) is 11.4 Å². The Balaban J connectivity index is 1.51. The number of hydrazine groups is 1. The molecule has 0 aliphatic carbocycles. The fraction of sp³-hybridized carbons (Fsp3) is 0.154. The number of anilines is 1. The van der Waals surface area contributed by atoms with Crippen LogP contribution >= 0.6 is 35.4 Å². The monoisotopic (exact) mass is 540 g/mol. The Labute approximate surface area is 223 Å². The van der Waals surface area contributed by atoms with E-state index >= 15 is 0 Å². The van der Waals surface area contributed by atoms with E-state index in [0.29, 0.717) is 34.3 Å². The molecular formula is C26H22Cl2N4O3S. The molecule has 3 aromatic rings. The van der Waals surface area contributed by atoms with Gasteiger partial charge in [0.15, 0.2) is 0 Å².